The molecule has 0 fully saturated rings. The van der Waals surface area contributed by atoms with Crippen LogP contribution in [0.25, 0.3) is 0 Å². The SMILES string of the molecule is CCc1nc(N)cc(SC(C)C(C)C)n1. The molecule has 0 amide bonds. The molecule has 0 aliphatic rings. The van der Waals surface area contributed by atoms with Crippen LogP contribution in [0.5, 0.6) is 0 Å². The van der Waals surface area contributed by atoms with Crippen molar-refractivity contribution in [3.63, 3.8) is 0 Å². The first-order valence-electron chi connectivity index (χ1n) is 5.33. The van der Waals surface area contributed by atoms with Gasteiger partial charge in [-0.15, -0.1) is 11.8 Å². The highest BCUT2D eigenvalue weighted by Gasteiger charge is 2.11. The van der Waals surface area contributed by atoms with Crippen LogP contribution in [-0.2, 0) is 6.42 Å². The topological polar surface area (TPSA) is 51.8 Å². The standard InChI is InChI=1S/C11H19N3S/c1-5-10-13-9(12)6-11(14-10)15-8(4)7(2)3/h6-8H,5H2,1-4H3,(H2,12,13,14). The number of thioether (sulfide) groups is 1. The van der Waals surface area contributed by atoms with E-state index in [1.807, 2.05) is 13.0 Å². The van der Waals surface area contributed by atoms with Gasteiger partial charge < -0.3 is 5.73 Å². The first-order chi connectivity index (χ1) is 7.02. The zero-order valence-corrected chi connectivity index (χ0v) is 10.6. The normalized spacial score (nSPS) is 13.1. The number of hydrogen-bond donors (Lipinski definition) is 1. The van der Waals surface area contributed by atoms with Gasteiger partial charge in [0.05, 0.1) is 0 Å². The second kappa shape index (κ2) is 5.35. The van der Waals surface area contributed by atoms with Gasteiger partial charge in [-0.2, -0.15) is 0 Å². The molecule has 1 aromatic rings. The first kappa shape index (κ1) is 12.3. The summed E-state index contributed by atoms with van der Waals surface area (Å²) >= 11 is 1.76. The Kier molecular flexibility index (Phi) is 4.39. The smallest absolute Gasteiger partial charge is 0.131 e. The Balaban J connectivity index is 2.80. The number of anilines is 1. The minimum absolute atomic E-state index is 0.545. The zero-order chi connectivity index (χ0) is 11.4. The second-order valence-corrected chi connectivity index (χ2v) is 5.37. The number of aryl methyl sites for hydroxylation is 1. The minimum Gasteiger partial charge on any atom is -0.384 e. The van der Waals surface area contributed by atoms with Crippen LogP contribution in [-0.4, -0.2) is 15.2 Å². The van der Waals surface area contributed by atoms with Crippen LogP contribution in [0.1, 0.15) is 33.5 Å². The van der Waals surface area contributed by atoms with Gasteiger partial charge in [0.2, 0.25) is 0 Å². The summed E-state index contributed by atoms with van der Waals surface area (Å²) in [5.74, 6) is 2.03. The number of nitrogen functional groups attached to an aromatic ring is 1. The molecule has 0 bridgehead atoms. The van der Waals surface area contributed by atoms with E-state index in [-0.39, 0.29) is 0 Å². The number of nitrogens with two attached hydrogens (primary N) is 1. The predicted octanol–water partition coefficient (Wildman–Crippen LogP) is 2.76. The maximum atomic E-state index is 5.72. The fraction of sp³-hybridized carbons (Fsp3) is 0.636. The lowest BCUT2D eigenvalue weighted by Crippen LogP contribution is -2.07. The van der Waals surface area contributed by atoms with Crippen molar-refractivity contribution < 1.29 is 0 Å². The Labute approximate surface area is 95.9 Å². The summed E-state index contributed by atoms with van der Waals surface area (Å²) in [5, 5.41) is 1.53. The van der Waals surface area contributed by atoms with Crippen LogP contribution in [0.4, 0.5) is 5.82 Å². The van der Waals surface area contributed by atoms with Gasteiger partial charge in [-0.3, -0.25) is 0 Å². The highest BCUT2D eigenvalue weighted by molar-refractivity contribution is 7.99. The van der Waals surface area contributed by atoms with E-state index >= 15 is 0 Å². The van der Waals surface area contributed by atoms with Crippen molar-refractivity contribution in [2.24, 2.45) is 5.92 Å². The van der Waals surface area contributed by atoms with Crippen molar-refractivity contribution in [2.45, 2.75) is 44.4 Å². The fourth-order valence-corrected chi connectivity index (χ4v) is 2.04. The number of rotatable bonds is 4. The molecule has 0 aromatic carbocycles. The van der Waals surface area contributed by atoms with E-state index in [0.717, 1.165) is 17.3 Å². The Morgan fingerprint density at radius 2 is 2.00 bits per heavy atom. The molecule has 4 heteroatoms. The Hall–Kier alpha value is -0.770. The first-order valence-corrected chi connectivity index (χ1v) is 6.21. The molecule has 0 saturated carbocycles. The van der Waals surface area contributed by atoms with Crippen LogP contribution in [0.3, 0.4) is 0 Å². The van der Waals surface area contributed by atoms with Crippen LogP contribution < -0.4 is 5.73 Å². The van der Waals surface area contributed by atoms with Crippen LogP contribution >= 0.6 is 11.8 Å². The van der Waals surface area contributed by atoms with Crippen LogP contribution in [0.2, 0.25) is 0 Å². The summed E-state index contributed by atoms with van der Waals surface area (Å²) < 4.78 is 0. The third-order valence-electron chi connectivity index (χ3n) is 2.33. The fourth-order valence-electron chi connectivity index (χ4n) is 1.04. The lowest BCUT2D eigenvalue weighted by molar-refractivity contribution is 0.641. The van der Waals surface area contributed by atoms with Crippen LogP contribution in [0.15, 0.2) is 11.1 Å². The Morgan fingerprint density at radius 3 is 2.53 bits per heavy atom. The summed E-state index contributed by atoms with van der Waals surface area (Å²) in [5.41, 5.74) is 5.72. The molecule has 1 aromatic heterocycles. The van der Waals surface area contributed by atoms with Crippen molar-refractivity contribution in [3.8, 4) is 0 Å². The summed E-state index contributed by atoms with van der Waals surface area (Å²) in [4.78, 5) is 8.60. The Morgan fingerprint density at radius 1 is 1.33 bits per heavy atom. The molecule has 1 unspecified atom stereocenters. The summed E-state index contributed by atoms with van der Waals surface area (Å²) in [6.07, 6.45) is 0.828. The van der Waals surface area contributed by atoms with Crippen LogP contribution in [0, 0.1) is 5.92 Å². The number of nitrogens with zero attached hydrogens (tertiary/aromatic N) is 2. The maximum absolute atomic E-state index is 5.72. The van der Waals surface area contributed by atoms with Crippen molar-refractivity contribution in [3.05, 3.63) is 11.9 Å². The third-order valence-corrected chi connectivity index (χ3v) is 3.70. The van der Waals surface area contributed by atoms with Crippen molar-refractivity contribution in [1.29, 1.82) is 0 Å². The summed E-state index contributed by atoms with van der Waals surface area (Å²) in [7, 11) is 0. The molecule has 1 heterocycles. The van der Waals surface area contributed by atoms with E-state index in [9.17, 15) is 0 Å². The van der Waals surface area contributed by atoms with Crippen molar-refractivity contribution in [1.82, 2.24) is 9.97 Å². The van der Waals surface area contributed by atoms with Gasteiger partial charge in [-0.05, 0) is 5.92 Å². The second-order valence-electron chi connectivity index (χ2n) is 3.97. The summed E-state index contributed by atoms with van der Waals surface area (Å²) in [6, 6.07) is 1.85. The highest BCUT2D eigenvalue weighted by atomic mass is 32.2. The Bertz CT molecular complexity index is 326. The van der Waals surface area contributed by atoms with E-state index in [0.29, 0.717) is 17.0 Å². The third kappa shape index (κ3) is 3.70. The largest absolute Gasteiger partial charge is 0.384 e. The van der Waals surface area contributed by atoms with Gasteiger partial charge in [0.1, 0.15) is 16.7 Å². The molecule has 1 atom stereocenters. The monoisotopic (exact) mass is 225 g/mol. The molecule has 0 aliphatic heterocycles. The molecule has 84 valence electrons. The number of hydrogen-bond acceptors (Lipinski definition) is 4. The molecule has 0 saturated heterocycles. The van der Waals surface area contributed by atoms with Gasteiger partial charge >= 0.3 is 0 Å². The molecule has 0 radical (unpaired) electrons. The van der Waals surface area contributed by atoms with E-state index in [2.05, 4.69) is 30.7 Å². The molecular weight excluding hydrogens is 206 g/mol. The lowest BCUT2D eigenvalue weighted by atomic mass is 10.2. The van der Waals surface area contributed by atoms with Crippen molar-refractivity contribution >= 4 is 17.6 Å². The number of aromatic nitrogens is 2. The van der Waals surface area contributed by atoms with Gasteiger partial charge in [0, 0.05) is 17.7 Å². The van der Waals surface area contributed by atoms with E-state index in [1.54, 1.807) is 11.8 Å². The molecular formula is C11H19N3S. The minimum atomic E-state index is 0.545. The lowest BCUT2D eigenvalue weighted by Gasteiger charge is -2.14. The quantitative estimate of drug-likeness (QED) is 0.632. The zero-order valence-electron chi connectivity index (χ0n) is 9.82. The van der Waals surface area contributed by atoms with Gasteiger partial charge in [-0.25, -0.2) is 9.97 Å². The van der Waals surface area contributed by atoms with E-state index in [1.165, 1.54) is 0 Å². The molecule has 15 heavy (non-hydrogen) atoms. The van der Waals surface area contributed by atoms with Gasteiger partial charge in [0.25, 0.3) is 0 Å². The average Bonchev–Trinajstić information content (AvgIpc) is 2.16. The highest BCUT2D eigenvalue weighted by Crippen LogP contribution is 2.26. The average molecular weight is 225 g/mol. The maximum Gasteiger partial charge on any atom is 0.131 e. The predicted molar refractivity (Wildman–Crippen MR) is 66.0 cm³/mol. The molecule has 0 aliphatic carbocycles. The van der Waals surface area contributed by atoms with Crippen molar-refractivity contribution in [2.75, 3.05) is 5.73 Å². The van der Waals surface area contributed by atoms with E-state index < -0.39 is 0 Å². The molecule has 3 nitrogen and oxygen atoms in total. The van der Waals surface area contributed by atoms with E-state index in [4.69, 9.17) is 5.73 Å². The van der Waals surface area contributed by atoms with Gasteiger partial charge in [0.15, 0.2) is 0 Å². The molecule has 0 spiro atoms. The molecule has 2 N–H and O–H groups in total. The summed E-state index contributed by atoms with van der Waals surface area (Å²) in [6.45, 7) is 8.67. The van der Waals surface area contributed by atoms with Gasteiger partial charge in [-0.1, -0.05) is 27.7 Å². The molecule has 1 rings (SSSR count).